The van der Waals surface area contributed by atoms with E-state index in [0.29, 0.717) is 24.5 Å². The molecule has 2 aromatic rings. The fourth-order valence-electron chi connectivity index (χ4n) is 3.61. The van der Waals surface area contributed by atoms with Crippen molar-refractivity contribution in [1.29, 1.82) is 10.8 Å². The first-order valence-corrected chi connectivity index (χ1v) is 10.4. The molecule has 1 saturated heterocycles. The molecule has 32 heavy (non-hydrogen) atoms. The molecule has 0 spiro atoms. The van der Waals surface area contributed by atoms with E-state index in [1.807, 2.05) is 26.0 Å². The Kier molecular flexibility index (Phi) is 7.12. The second kappa shape index (κ2) is 9.80. The molecule has 9 heteroatoms. The largest absolute Gasteiger partial charge is 0.508 e. The zero-order chi connectivity index (χ0) is 23.4. The van der Waals surface area contributed by atoms with Crippen LogP contribution < -0.4 is 10.6 Å². The molecule has 9 nitrogen and oxygen atoms in total. The highest BCUT2D eigenvalue weighted by Gasteiger charge is 2.26. The van der Waals surface area contributed by atoms with Gasteiger partial charge in [-0.2, -0.15) is 0 Å². The number of anilines is 1. The van der Waals surface area contributed by atoms with Crippen molar-refractivity contribution in [2.45, 2.75) is 26.3 Å². The number of nitrogens with one attached hydrogen (secondary N) is 2. The number of nitrogens with zero attached hydrogens (tertiary/aromatic N) is 2. The molecule has 1 heterocycles. The van der Waals surface area contributed by atoms with E-state index in [2.05, 4.69) is 4.90 Å². The minimum Gasteiger partial charge on any atom is -0.508 e. The van der Waals surface area contributed by atoms with Gasteiger partial charge in [-0.3, -0.25) is 25.4 Å². The predicted octanol–water partition coefficient (Wildman–Crippen LogP) is 2.35. The van der Waals surface area contributed by atoms with E-state index in [-0.39, 0.29) is 28.8 Å². The number of morpholine rings is 1. The van der Waals surface area contributed by atoms with Crippen molar-refractivity contribution in [1.82, 2.24) is 4.90 Å². The van der Waals surface area contributed by atoms with E-state index in [1.54, 1.807) is 12.1 Å². The Labute approximate surface area is 187 Å². The maximum Gasteiger partial charge on any atom is 0.284 e. The first-order chi connectivity index (χ1) is 15.2. The lowest BCUT2D eigenvalue weighted by Crippen LogP contribution is -2.44. The van der Waals surface area contributed by atoms with Gasteiger partial charge in [0, 0.05) is 31.4 Å². The average molecular weight is 440 g/mol. The summed E-state index contributed by atoms with van der Waals surface area (Å²) in [5.74, 6) is -2.38. The summed E-state index contributed by atoms with van der Waals surface area (Å²) in [7, 11) is 0. The van der Waals surface area contributed by atoms with Crippen LogP contribution in [0.25, 0.3) is 0 Å². The summed E-state index contributed by atoms with van der Waals surface area (Å²) < 4.78 is 5.37. The van der Waals surface area contributed by atoms with E-state index in [9.17, 15) is 15.0 Å². The molecule has 1 aliphatic heterocycles. The number of rotatable bonds is 5. The minimum absolute atomic E-state index is 0.0642. The molecule has 0 atom stereocenters. The van der Waals surface area contributed by atoms with Crippen LogP contribution in [-0.2, 0) is 16.1 Å². The topological polar surface area (TPSA) is 147 Å². The summed E-state index contributed by atoms with van der Waals surface area (Å²) in [6, 6.07) is 9.82. The van der Waals surface area contributed by atoms with Crippen LogP contribution in [0.15, 0.2) is 36.4 Å². The van der Waals surface area contributed by atoms with Crippen molar-refractivity contribution < 1.29 is 19.7 Å². The summed E-state index contributed by atoms with van der Waals surface area (Å²) >= 11 is 0. The van der Waals surface area contributed by atoms with Crippen LogP contribution >= 0.6 is 0 Å². The van der Waals surface area contributed by atoms with Crippen molar-refractivity contribution >= 4 is 23.3 Å². The molecule has 0 unspecified atom stereocenters. The van der Waals surface area contributed by atoms with Crippen molar-refractivity contribution in [2.75, 3.05) is 31.2 Å². The number of carbonyl (C=O) groups is 1. The summed E-state index contributed by atoms with van der Waals surface area (Å²) in [5.41, 5.74) is 7.41. The second-order valence-electron chi connectivity index (χ2n) is 8.03. The Hall–Kier alpha value is -3.43. The van der Waals surface area contributed by atoms with E-state index in [0.717, 1.165) is 36.2 Å². The third-order valence-electron chi connectivity index (χ3n) is 5.41. The van der Waals surface area contributed by atoms with E-state index in [1.165, 1.54) is 6.07 Å². The van der Waals surface area contributed by atoms with Crippen molar-refractivity contribution in [3.8, 4) is 11.5 Å². The van der Waals surface area contributed by atoms with Crippen LogP contribution in [0.5, 0.6) is 11.5 Å². The van der Waals surface area contributed by atoms with Crippen molar-refractivity contribution in [3.63, 3.8) is 0 Å². The van der Waals surface area contributed by atoms with E-state index in [4.69, 9.17) is 21.3 Å². The van der Waals surface area contributed by atoms with Gasteiger partial charge in [-0.05, 0) is 35.2 Å². The fourth-order valence-corrected chi connectivity index (χ4v) is 3.61. The van der Waals surface area contributed by atoms with Crippen molar-refractivity contribution in [2.24, 2.45) is 5.73 Å². The highest BCUT2D eigenvalue weighted by atomic mass is 16.5. The molecule has 0 saturated carbocycles. The molecule has 1 amide bonds. The number of amides is 1. The highest BCUT2D eigenvalue weighted by Crippen LogP contribution is 2.33. The Bertz CT molecular complexity index is 1010. The molecular weight excluding hydrogens is 410 g/mol. The smallest absolute Gasteiger partial charge is 0.284 e. The number of aromatic hydroxyl groups is 2. The van der Waals surface area contributed by atoms with Gasteiger partial charge in [0.15, 0.2) is 5.84 Å². The van der Waals surface area contributed by atoms with Crippen LogP contribution in [-0.4, -0.2) is 59.0 Å². The van der Waals surface area contributed by atoms with Gasteiger partial charge in [-0.15, -0.1) is 0 Å². The van der Waals surface area contributed by atoms with Crippen LogP contribution in [0, 0.1) is 10.8 Å². The highest BCUT2D eigenvalue weighted by molar-refractivity contribution is 6.47. The molecule has 2 aromatic carbocycles. The SMILES string of the molecule is CC(C)c1cc(C(=N)N(C(=N)C(N)=O)c2ccc(CN3CCOCC3)cc2)c(O)cc1O. The van der Waals surface area contributed by atoms with Gasteiger partial charge < -0.3 is 20.7 Å². The zero-order valence-electron chi connectivity index (χ0n) is 18.3. The normalized spacial score (nSPS) is 14.3. The number of ether oxygens (including phenoxy) is 1. The van der Waals surface area contributed by atoms with Crippen LogP contribution in [0.2, 0.25) is 0 Å². The van der Waals surface area contributed by atoms with Gasteiger partial charge in [-0.1, -0.05) is 26.0 Å². The molecule has 3 rings (SSSR count). The number of phenols is 2. The number of nitrogens with two attached hydrogens (primary N) is 1. The maximum absolute atomic E-state index is 11.8. The lowest BCUT2D eigenvalue weighted by atomic mass is 9.98. The number of hydrogen-bond acceptors (Lipinski definition) is 7. The van der Waals surface area contributed by atoms with Gasteiger partial charge in [0.1, 0.15) is 17.3 Å². The number of amidine groups is 2. The third-order valence-corrected chi connectivity index (χ3v) is 5.41. The summed E-state index contributed by atoms with van der Waals surface area (Å²) in [6.45, 7) is 7.59. The number of phenolic OH excluding ortho intramolecular Hbond substituents is 2. The zero-order valence-corrected chi connectivity index (χ0v) is 18.3. The average Bonchev–Trinajstić information content (AvgIpc) is 2.75. The number of carbonyl (C=O) groups excluding carboxylic acids is 1. The monoisotopic (exact) mass is 439 g/mol. The molecular formula is C23H29N5O4. The quantitative estimate of drug-likeness (QED) is 0.357. The number of hydrogen-bond donors (Lipinski definition) is 5. The molecule has 0 aromatic heterocycles. The lowest BCUT2D eigenvalue weighted by molar-refractivity contribution is -0.112. The van der Waals surface area contributed by atoms with Crippen LogP contribution in [0.4, 0.5) is 5.69 Å². The van der Waals surface area contributed by atoms with Gasteiger partial charge in [0.05, 0.1) is 18.8 Å². The Morgan fingerprint density at radius 3 is 2.31 bits per heavy atom. The van der Waals surface area contributed by atoms with Crippen LogP contribution in [0.3, 0.4) is 0 Å². The fraction of sp³-hybridized carbons (Fsp3) is 0.348. The molecule has 6 N–H and O–H groups in total. The lowest BCUT2D eigenvalue weighted by Gasteiger charge is -2.27. The van der Waals surface area contributed by atoms with Crippen LogP contribution in [0.1, 0.15) is 36.5 Å². The van der Waals surface area contributed by atoms with Gasteiger partial charge >= 0.3 is 0 Å². The Morgan fingerprint density at radius 2 is 1.75 bits per heavy atom. The Balaban J connectivity index is 1.93. The standard InChI is InChI=1S/C23H29N5O4/c1-14(2)17-11-18(20(30)12-19(17)29)21(24)28(22(25)23(26)31)16-5-3-15(4-6-16)13-27-7-9-32-10-8-27/h3-6,11-12,14,24-25,29-30H,7-10,13H2,1-2H3,(H2,26,31). The first-order valence-electron chi connectivity index (χ1n) is 10.4. The molecule has 0 bridgehead atoms. The van der Waals surface area contributed by atoms with Gasteiger partial charge in [-0.25, -0.2) is 0 Å². The summed E-state index contributed by atoms with van der Waals surface area (Å²) in [6.07, 6.45) is 0. The molecule has 170 valence electrons. The summed E-state index contributed by atoms with van der Waals surface area (Å²) in [5, 5.41) is 37.3. The second-order valence-corrected chi connectivity index (χ2v) is 8.03. The minimum atomic E-state index is -1.01. The first kappa shape index (κ1) is 23.2. The third kappa shape index (κ3) is 5.06. The van der Waals surface area contributed by atoms with E-state index >= 15 is 0 Å². The molecule has 0 radical (unpaired) electrons. The molecule has 0 aliphatic carbocycles. The van der Waals surface area contributed by atoms with E-state index < -0.39 is 11.7 Å². The predicted molar refractivity (Wildman–Crippen MR) is 123 cm³/mol. The molecule has 1 aliphatic rings. The summed E-state index contributed by atoms with van der Waals surface area (Å²) in [4.78, 5) is 15.2. The number of benzene rings is 2. The number of primary amides is 1. The van der Waals surface area contributed by atoms with Gasteiger partial charge in [0.25, 0.3) is 5.91 Å². The molecule has 1 fully saturated rings. The van der Waals surface area contributed by atoms with Gasteiger partial charge in [0.2, 0.25) is 0 Å². The van der Waals surface area contributed by atoms with Crippen molar-refractivity contribution in [3.05, 3.63) is 53.1 Å². The maximum atomic E-state index is 11.8. The Morgan fingerprint density at radius 1 is 1.12 bits per heavy atom.